The van der Waals surface area contributed by atoms with Crippen molar-refractivity contribution < 1.29 is 9.13 Å². The van der Waals surface area contributed by atoms with Gasteiger partial charge < -0.3 is 10.1 Å². The topological polar surface area (TPSA) is 21.3 Å². The number of benzene rings is 2. The highest BCUT2D eigenvalue weighted by molar-refractivity contribution is 6.30. The van der Waals surface area contributed by atoms with E-state index in [2.05, 4.69) is 5.32 Å². The molecule has 1 aliphatic carbocycles. The summed E-state index contributed by atoms with van der Waals surface area (Å²) in [5, 5.41) is 3.87. The number of hydrogen-bond donors (Lipinski definition) is 1. The van der Waals surface area contributed by atoms with Crippen LogP contribution in [0.1, 0.15) is 18.4 Å². The number of nitrogens with one attached hydrogen (secondary N) is 1. The molecule has 2 nitrogen and oxygen atoms in total. The minimum atomic E-state index is -0.328. The maximum atomic E-state index is 13.5. The van der Waals surface area contributed by atoms with Gasteiger partial charge in [-0.25, -0.2) is 4.39 Å². The highest BCUT2D eigenvalue weighted by Gasteiger charge is 2.20. The molecule has 0 saturated heterocycles. The van der Waals surface area contributed by atoms with E-state index in [1.165, 1.54) is 25.0 Å². The molecule has 0 radical (unpaired) electrons. The van der Waals surface area contributed by atoms with Crippen molar-refractivity contribution in [2.45, 2.75) is 25.4 Å². The van der Waals surface area contributed by atoms with E-state index in [0.29, 0.717) is 11.1 Å². The third kappa shape index (κ3) is 3.55. The highest BCUT2D eigenvalue weighted by atomic mass is 35.5. The summed E-state index contributed by atoms with van der Waals surface area (Å²) < 4.78 is 18.9. The molecule has 4 heteroatoms. The van der Waals surface area contributed by atoms with Crippen LogP contribution in [0.3, 0.4) is 0 Å². The van der Waals surface area contributed by atoms with Gasteiger partial charge in [-0.15, -0.1) is 0 Å². The highest BCUT2D eigenvalue weighted by Crippen LogP contribution is 2.30. The minimum Gasteiger partial charge on any atom is -0.496 e. The van der Waals surface area contributed by atoms with Crippen molar-refractivity contribution in [2.75, 3.05) is 7.11 Å². The summed E-state index contributed by atoms with van der Waals surface area (Å²) in [5.74, 6) is 0.514. The molecule has 0 aliphatic heterocycles. The first-order valence-electron chi connectivity index (χ1n) is 7.02. The standard InChI is InChI=1S/C17H17ClFNO/c1-21-17-5-2-11(6-13(17)10-20-16-3-4-16)12-7-14(18)9-15(19)8-12/h2,5-9,16,20H,3-4,10H2,1H3. The van der Waals surface area contributed by atoms with Crippen molar-refractivity contribution in [1.82, 2.24) is 5.32 Å². The molecule has 1 N–H and O–H groups in total. The van der Waals surface area contributed by atoms with E-state index in [0.717, 1.165) is 29.0 Å². The van der Waals surface area contributed by atoms with E-state index in [1.807, 2.05) is 18.2 Å². The Kier molecular flexibility index (Phi) is 4.13. The van der Waals surface area contributed by atoms with Gasteiger partial charge in [-0.1, -0.05) is 17.7 Å². The van der Waals surface area contributed by atoms with Gasteiger partial charge in [-0.05, 0) is 54.3 Å². The molecule has 0 amide bonds. The molecule has 1 aliphatic rings. The van der Waals surface area contributed by atoms with Crippen LogP contribution in [-0.4, -0.2) is 13.2 Å². The average Bonchev–Trinajstić information content (AvgIpc) is 3.28. The summed E-state index contributed by atoms with van der Waals surface area (Å²) in [6, 6.07) is 11.1. The summed E-state index contributed by atoms with van der Waals surface area (Å²) in [7, 11) is 1.66. The summed E-state index contributed by atoms with van der Waals surface area (Å²) in [4.78, 5) is 0. The van der Waals surface area contributed by atoms with Crippen molar-refractivity contribution in [1.29, 1.82) is 0 Å². The lowest BCUT2D eigenvalue weighted by molar-refractivity contribution is 0.407. The van der Waals surface area contributed by atoms with Crippen molar-refractivity contribution in [3.63, 3.8) is 0 Å². The molecule has 2 aromatic carbocycles. The lowest BCUT2D eigenvalue weighted by Crippen LogP contribution is -2.15. The summed E-state index contributed by atoms with van der Waals surface area (Å²) in [6.07, 6.45) is 2.48. The van der Waals surface area contributed by atoms with Gasteiger partial charge >= 0.3 is 0 Å². The van der Waals surface area contributed by atoms with Crippen molar-refractivity contribution >= 4 is 11.6 Å². The zero-order valence-corrected chi connectivity index (χ0v) is 12.6. The third-order valence-corrected chi connectivity index (χ3v) is 3.85. The second kappa shape index (κ2) is 6.04. The molecule has 1 saturated carbocycles. The molecule has 110 valence electrons. The lowest BCUT2D eigenvalue weighted by Gasteiger charge is -2.12. The van der Waals surface area contributed by atoms with Gasteiger partial charge in [0.1, 0.15) is 11.6 Å². The van der Waals surface area contributed by atoms with E-state index in [-0.39, 0.29) is 5.82 Å². The first-order valence-corrected chi connectivity index (χ1v) is 7.40. The molecular formula is C17H17ClFNO. The number of methoxy groups -OCH3 is 1. The Morgan fingerprint density at radius 3 is 2.67 bits per heavy atom. The Hall–Kier alpha value is -1.58. The van der Waals surface area contributed by atoms with Crippen LogP contribution in [0, 0.1) is 5.82 Å². The van der Waals surface area contributed by atoms with Crippen molar-refractivity contribution in [2.24, 2.45) is 0 Å². The molecule has 0 bridgehead atoms. The van der Waals surface area contributed by atoms with Crippen molar-refractivity contribution in [3.8, 4) is 16.9 Å². The van der Waals surface area contributed by atoms with Gasteiger partial charge in [0.25, 0.3) is 0 Å². The van der Waals surface area contributed by atoms with Crippen LogP contribution < -0.4 is 10.1 Å². The predicted octanol–water partition coefficient (Wildman–Crippen LogP) is 4.41. The Balaban J connectivity index is 1.92. The lowest BCUT2D eigenvalue weighted by atomic mass is 10.0. The predicted molar refractivity (Wildman–Crippen MR) is 83.3 cm³/mol. The Bertz CT molecular complexity index is 635. The molecule has 0 spiro atoms. The molecule has 2 aromatic rings. The van der Waals surface area contributed by atoms with Crippen molar-refractivity contribution in [3.05, 3.63) is 52.8 Å². The SMILES string of the molecule is COc1ccc(-c2cc(F)cc(Cl)c2)cc1CNC1CC1. The van der Waals surface area contributed by atoms with Gasteiger partial charge in [-0.2, -0.15) is 0 Å². The van der Waals surface area contributed by atoms with Gasteiger partial charge in [0.05, 0.1) is 7.11 Å². The zero-order valence-electron chi connectivity index (χ0n) is 11.8. The summed E-state index contributed by atoms with van der Waals surface area (Å²) in [5.41, 5.74) is 2.78. The second-order valence-electron chi connectivity index (χ2n) is 5.34. The van der Waals surface area contributed by atoms with E-state index in [9.17, 15) is 4.39 Å². The summed E-state index contributed by atoms with van der Waals surface area (Å²) >= 11 is 5.93. The molecule has 0 aromatic heterocycles. The van der Waals surface area contributed by atoms with Crippen LogP contribution in [0.25, 0.3) is 11.1 Å². The Morgan fingerprint density at radius 2 is 2.00 bits per heavy atom. The normalized spacial score (nSPS) is 14.2. The number of rotatable bonds is 5. The molecular weight excluding hydrogens is 289 g/mol. The van der Waals surface area contributed by atoms with Gasteiger partial charge in [0, 0.05) is 23.2 Å². The van der Waals surface area contributed by atoms with Crippen LogP contribution in [0.15, 0.2) is 36.4 Å². The number of hydrogen-bond acceptors (Lipinski definition) is 2. The smallest absolute Gasteiger partial charge is 0.125 e. The molecule has 1 fully saturated rings. The number of ether oxygens (including phenoxy) is 1. The van der Waals surface area contributed by atoms with E-state index in [4.69, 9.17) is 16.3 Å². The Labute approximate surface area is 128 Å². The van der Waals surface area contributed by atoms with E-state index in [1.54, 1.807) is 13.2 Å². The average molecular weight is 306 g/mol. The first kappa shape index (κ1) is 14.4. The van der Waals surface area contributed by atoms with Gasteiger partial charge in [-0.3, -0.25) is 0 Å². The van der Waals surface area contributed by atoms with Gasteiger partial charge in [0.15, 0.2) is 0 Å². The molecule has 0 heterocycles. The van der Waals surface area contributed by atoms with Crippen LogP contribution in [0.4, 0.5) is 4.39 Å². The Morgan fingerprint density at radius 1 is 1.19 bits per heavy atom. The molecule has 3 rings (SSSR count). The molecule has 21 heavy (non-hydrogen) atoms. The minimum absolute atomic E-state index is 0.328. The second-order valence-corrected chi connectivity index (χ2v) is 5.78. The van der Waals surface area contributed by atoms with Gasteiger partial charge in [0.2, 0.25) is 0 Å². The largest absolute Gasteiger partial charge is 0.496 e. The summed E-state index contributed by atoms with van der Waals surface area (Å²) in [6.45, 7) is 0.755. The van der Waals surface area contributed by atoms with Crippen LogP contribution in [-0.2, 0) is 6.54 Å². The fraction of sp³-hybridized carbons (Fsp3) is 0.294. The monoisotopic (exact) mass is 305 g/mol. The van der Waals surface area contributed by atoms with E-state index < -0.39 is 0 Å². The fourth-order valence-corrected chi connectivity index (χ4v) is 2.58. The fourth-order valence-electron chi connectivity index (χ4n) is 2.36. The van der Waals surface area contributed by atoms with Crippen LogP contribution in [0.5, 0.6) is 5.75 Å². The van der Waals surface area contributed by atoms with Crippen LogP contribution in [0.2, 0.25) is 5.02 Å². The van der Waals surface area contributed by atoms with E-state index >= 15 is 0 Å². The molecule has 0 unspecified atom stereocenters. The molecule has 0 atom stereocenters. The zero-order chi connectivity index (χ0) is 14.8. The maximum Gasteiger partial charge on any atom is 0.125 e. The third-order valence-electron chi connectivity index (χ3n) is 3.63. The quantitative estimate of drug-likeness (QED) is 0.883. The van der Waals surface area contributed by atoms with Crippen LogP contribution >= 0.6 is 11.6 Å². The first-order chi connectivity index (χ1) is 10.2. The maximum absolute atomic E-state index is 13.5. The number of halogens is 2.